The highest BCUT2D eigenvalue weighted by Gasteiger charge is 2.19. The predicted octanol–water partition coefficient (Wildman–Crippen LogP) is 1.52. The second kappa shape index (κ2) is 39.7. The Morgan fingerprint density at radius 3 is 0.863 bits per heavy atom. The first-order valence-electron chi connectivity index (χ1n) is 25.8. The molecule has 80 heavy (non-hydrogen) atoms. The molecular formula is C48H76N12O18S2. The Kier molecular flexibility index (Phi) is 33.2. The average molecular weight is 1170 g/mol. The number of ether oxygens (including phenoxy) is 8. The number of rotatable bonds is 48. The molecule has 2 heterocycles. The van der Waals surface area contributed by atoms with Crippen molar-refractivity contribution in [2.24, 2.45) is 0 Å². The lowest BCUT2D eigenvalue weighted by Crippen LogP contribution is -2.15. The molecule has 0 radical (unpaired) electrons. The van der Waals surface area contributed by atoms with Gasteiger partial charge in [-0.3, -0.25) is 9.11 Å². The minimum absolute atomic E-state index is 0.00577. The topological polar surface area (TPSA) is 413 Å². The third kappa shape index (κ3) is 28.7. The average Bonchev–Trinajstić information content (AvgIpc) is 3.45. The van der Waals surface area contributed by atoms with Crippen LogP contribution in [0.4, 0.5) is 47.1 Å². The molecule has 2 aromatic heterocycles. The quantitative estimate of drug-likeness (QED) is 0.0169. The van der Waals surface area contributed by atoms with Gasteiger partial charge in [0.25, 0.3) is 20.2 Å². The molecule has 0 saturated carbocycles. The summed E-state index contributed by atoms with van der Waals surface area (Å²) in [6, 6.07) is 7.96. The van der Waals surface area contributed by atoms with Crippen molar-refractivity contribution in [2.75, 3.05) is 190 Å². The number of aromatic nitrogens is 6. The van der Waals surface area contributed by atoms with Crippen LogP contribution in [0.5, 0.6) is 0 Å². The maximum atomic E-state index is 12.8. The van der Waals surface area contributed by atoms with Crippen LogP contribution < -0.4 is 31.9 Å². The van der Waals surface area contributed by atoms with E-state index >= 15 is 0 Å². The van der Waals surface area contributed by atoms with Crippen LogP contribution in [0.1, 0.15) is 36.8 Å². The lowest BCUT2D eigenvalue weighted by Gasteiger charge is -2.13. The summed E-state index contributed by atoms with van der Waals surface area (Å²) < 4.78 is 115. The molecule has 30 nitrogen and oxygen atoms in total. The van der Waals surface area contributed by atoms with Crippen molar-refractivity contribution in [3.05, 3.63) is 47.5 Å². The van der Waals surface area contributed by atoms with E-state index in [-0.39, 0.29) is 111 Å². The maximum Gasteiger partial charge on any atom is 0.295 e. The van der Waals surface area contributed by atoms with E-state index in [4.69, 9.17) is 58.3 Å². The summed E-state index contributed by atoms with van der Waals surface area (Å²) in [5.41, 5.74) is 0.196. The van der Waals surface area contributed by atoms with Crippen LogP contribution in [0.2, 0.25) is 0 Å². The summed E-state index contributed by atoms with van der Waals surface area (Å²) in [7, 11) is -9.82. The van der Waals surface area contributed by atoms with E-state index < -0.39 is 30.0 Å². The summed E-state index contributed by atoms with van der Waals surface area (Å²) in [5, 5.41) is 53.8. The van der Waals surface area contributed by atoms with Gasteiger partial charge in [-0.1, -0.05) is 24.3 Å². The van der Waals surface area contributed by atoms with Crippen molar-refractivity contribution in [1.29, 1.82) is 0 Å². The van der Waals surface area contributed by atoms with Gasteiger partial charge in [0.05, 0.1) is 106 Å². The van der Waals surface area contributed by atoms with Gasteiger partial charge < -0.3 is 90.2 Å². The summed E-state index contributed by atoms with van der Waals surface area (Å²) >= 11 is 0. The third-order valence-corrected chi connectivity index (χ3v) is 12.1. The standard InChI is InChI=1S/C48H76N12O18S2/c61-15-23-75-31-27-71-19-1-11-49-43-55-44(50-12-2-20-72-28-32-76-24-16-62)58-47(57-43)53-39-9-7-37(41(35-39)79(65,66)67)5-6-38-8-10-40(36-42(38)80(68,69)70)54-48-59-45(51-13-3-21-73-29-33-77-25-17-63)56-46(60-48)52-14-4-22-74-30-34-78-26-18-64/h5-10,35-36,61-64H,1-4,11-34H2,(H,65,66,67)(H,68,69,70)(H3,49,50,53,55,57,58)(H3,51,52,54,56,59,60)/b6-5+. The first-order chi connectivity index (χ1) is 38.8. The van der Waals surface area contributed by atoms with E-state index in [9.17, 15) is 25.9 Å². The smallest absolute Gasteiger partial charge is 0.295 e. The van der Waals surface area contributed by atoms with Crippen LogP contribution in [0.3, 0.4) is 0 Å². The Labute approximate surface area is 465 Å². The van der Waals surface area contributed by atoms with Crippen LogP contribution in [0, 0.1) is 0 Å². The molecule has 2 aromatic carbocycles. The summed E-state index contributed by atoms with van der Waals surface area (Å²) in [6.07, 6.45) is 4.79. The van der Waals surface area contributed by atoms with E-state index in [2.05, 4.69) is 61.8 Å². The second-order valence-corrected chi connectivity index (χ2v) is 19.3. The SMILES string of the molecule is O=S(=O)(O)c1cc(Nc2nc(NCCCOCCOCCO)nc(NCCCOCCOCCO)n2)ccc1/C=C/c1ccc(Nc2nc(NCCCOCCOCCO)nc(NCCCOCCOCCO)n2)cc1S(=O)(=O)O. The number of nitrogens with one attached hydrogen (secondary N) is 6. The zero-order valence-electron chi connectivity index (χ0n) is 44.5. The van der Waals surface area contributed by atoms with E-state index in [0.29, 0.717) is 131 Å². The second-order valence-electron chi connectivity index (χ2n) is 16.6. The van der Waals surface area contributed by atoms with Gasteiger partial charge in [-0.05, 0) is 61.1 Å². The highest BCUT2D eigenvalue weighted by molar-refractivity contribution is 7.86. The number of hydrogen-bond donors (Lipinski definition) is 12. The van der Waals surface area contributed by atoms with Crippen molar-refractivity contribution in [1.82, 2.24) is 29.9 Å². The molecule has 0 spiro atoms. The highest BCUT2D eigenvalue weighted by atomic mass is 32.2. The normalized spacial score (nSPS) is 11.8. The third-order valence-electron chi connectivity index (χ3n) is 10.2. The van der Waals surface area contributed by atoms with E-state index in [1.807, 2.05) is 0 Å². The molecule has 0 atom stereocenters. The molecule has 0 saturated heterocycles. The fraction of sp³-hybridized carbons (Fsp3) is 0.583. The van der Waals surface area contributed by atoms with Gasteiger partial charge in [-0.2, -0.15) is 46.7 Å². The van der Waals surface area contributed by atoms with Gasteiger partial charge in [0.1, 0.15) is 9.79 Å². The number of aliphatic hydroxyl groups is 4. The Morgan fingerprint density at radius 1 is 0.362 bits per heavy atom. The van der Waals surface area contributed by atoms with Crippen LogP contribution in [-0.4, -0.2) is 235 Å². The van der Waals surface area contributed by atoms with Crippen molar-refractivity contribution < 1.29 is 84.3 Å². The number of hydrogen-bond acceptors (Lipinski definition) is 28. The molecule has 0 aliphatic rings. The van der Waals surface area contributed by atoms with Gasteiger partial charge in [-0.25, -0.2) is 0 Å². The Balaban J connectivity index is 1.50. The molecular weight excluding hydrogens is 1100 g/mol. The minimum Gasteiger partial charge on any atom is -0.394 e. The van der Waals surface area contributed by atoms with Crippen LogP contribution in [0.25, 0.3) is 12.2 Å². The van der Waals surface area contributed by atoms with Crippen molar-refractivity contribution in [3.8, 4) is 0 Å². The van der Waals surface area contributed by atoms with Gasteiger partial charge >= 0.3 is 0 Å². The molecule has 448 valence electrons. The zero-order valence-corrected chi connectivity index (χ0v) is 46.1. The largest absolute Gasteiger partial charge is 0.394 e. The first kappa shape index (κ1) is 66.8. The monoisotopic (exact) mass is 1170 g/mol. The lowest BCUT2D eigenvalue weighted by atomic mass is 10.1. The number of anilines is 8. The number of nitrogens with zero attached hydrogens (tertiary/aromatic N) is 6. The molecule has 32 heteroatoms. The Morgan fingerprint density at radius 2 is 0.613 bits per heavy atom. The highest BCUT2D eigenvalue weighted by Crippen LogP contribution is 2.28. The number of benzene rings is 2. The zero-order chi connectivity index (χ0) is 57.5. The van der Waals surface area contributed by atoms with E-state index in [0.717, 1.165) is 12.1 Å². The van der Waals surface area contributed by atoms with E-state index in [1.54, 1.807) is 0 Å². The predicted molar refractivity (Wildman–Crippen MR) is 295 cm³/mol. The minimum atomic E-state index is -4.91. The van der Waals surface area contributed by atoms with Crippen LogP contribution in [-0.2, 0) is 58.1 Å². The van der Waals surface area contributed by atoms with Crippen LogP contribution in [0.15, 0.2) is 46.2 Å². The fourth-order valence-corrected chi connectivity index (χ4v) is 8.03. The van der Waals surface area contributed by atoms with Crippen molar-refractivity contribution in [2.45, 2.75) is 35.5 Å². The van der Waals surface area contributed by atoms with Gasteiger partial charge in [0, 0.05) is 64.0 Å². The van der Waals surface area contributed by atoms with Gasteiger partial charge in [0.15, 0.2) is 0 Å². The van der Waals surface area contributed by atoms with Gasteiger partial charge in [0.2, 0.25) is 35.7 Å². The molecule has 0 fully saturated rings. The Hall–Kier alpha value is -5.66. The summed E-state index contributed by atoms with van der Waals surface area (Å²) in [4.78, 5) is 25.5. The summed E-state index contributed by atoms with van der Waals surface area (Å²) in [6.45, 7) is 6.56. The number of aliphatic hydroxyl groups excluding tert-OH is 4. The van der Waals surface area contributed by atoms with Crippen molar-refractivity contribution >= 4 is 79.5 Å². The Bertz CT molecular complexity index is 2360. The fourth-order valence-electron chi connectivity index (χ4n) is 6.61. The van der Waals surface area contributed by atoms with Crippen molar-refractivity contribution in [3.63, 3.8) is 0 Å². The van der Waals surface area contributed by atoms with Crippen LogP contribution >= 0.6 is 0 Å². The lowest BCUT2D eigenvalue weighted by molar-refractivity contribution is 0.0331. The molecule has 4 aromatic rings. The molecule has 0 aliphatic heterocycles. The maximum absolute atomic E-state index is 12.8. The summed E-state index contributed by atoms with van der Waals surface area (Å²) in [5.74, 6) is 0.714. The molecule has 0 amide bonds. The van der Waals surface area contributed by atoms with E-state index in [1.165, 1.54) is 36.4 Å². The molecule has 12 N–H and O–H groups in total. The first-order valence-corrected chi connectivity index (χ1v) is 28.7. The molecule has 4 rings (SSSR count). The van der Waals surface area contributed by atoms with Gasteiger partial charge in [-0.15, -0.1) is 0 Å². The molecule has 0 unspecified atom stereocenters. The molecule has 0 aliphatic carbocycles. The molecule has 0 bridgehead atoms.